The van der Waals surface area contributed by atoms with E-state index in [4.69, 9.17) is 4.74 Å². The van der Waals surface area contributed by atoms with Gasteiger partial charge >= 0.3 is 0 Å². The van der Waals surface area contributed by atoms with Crippen LogP contribution in [0.3, 0.4) is 0 Å². The van der Waals surface area contributed by atoms with Crippen molar-refractivity contribution < 1.29 is 9.84 Å². The lowest BCUT2D eigenvalue weighted by Gasteiger charge is -2.28. The van der Waals surface area contributed by atoms with Gasteiger partial charge in [-0.1, -0.05) is 42.9 Å². The third-order valence-corrected chi connectivity index (χ3v) is 5.37. The lowest BCUT2D eigenvalue weighted by Crippen LogP contribution is -2.26. The molecule has 134 valence electrons. The molecule has 1 N–H and O–H groups in total. The number of rotatable bonds is 7. The van der Waals surface area contributed by atoms with Gasteiger partial charge < -0.3 is 9.84 Å². The zero-order valence-electron chi connectivity index (χ0n) is 15.1. The van der Waals surface area contributed by atoms with Gasteiger partial charge in [0.25, 0.3) is 0 Å². The van der Waals surface area contributed by atoms with Gasteiger partial charge in [-0.3, -0.25) is 4.90 Å². The summed E-state index contributed by atoms with van der Waals surface area (Å²) < 4.78 is 7.09. The Labute approximate surface area is 151 Å². The van der Waals surface area contributed by atoms with Gasteiger partial charge in [0.05, 0.1) is 18.0 Å². The number of hydrogen-bond acceptors (Lipinski definition) is 6. The van der Waals surface area contributed by atoms with E-state index in [0.717, 1.165) is 35.6 Å². The molecule has 0 bridgehead atoms. The molecule has 0 aliphatic carbocycles. The average molecular weight is 360 g/mol. The number of ether oxygens (including phenoxy) is 1. The molecular weight excluding hydrogens is 336 g/mol. The number of aromatic hydroxyl groups is 1. The van der Waals surface area contributed by atoms with E-state index in [1.54, 1.807) is 7.11 Å². The number of thiazole rings is 1. The zero-order chi connectivity index (χ0) is 18.0. The maximum absolute atomic E-state index is 10.8. The minimum Gasteiger partial charge on any atom is -0.496 e. The molecule has 6 nitrogen and oxygen atoms in total. The van der Waals surface area contributed by atoms with Gasteiger partial charge in [0.2, 0.25) is 10.8 Å². The van der Waals surface area contributed by atoms with E-state index in [1.807, 2.05) is 31.2 Å². The topological polar surface area (TPSA) is 62.9 Å². The summed E-state index contributed by atoms with van der Waals surface area (Å²) in [6, 6.07) is 7.84. The minimum atomic E-state index is -0.114. The van der Waals surface area contributed by atoms with E-state index in [-0.39, 0.29) is 11.9 Å². The van der Waals surface area contributed by atoms with Crippen LogP contribution >= 0.6 is 11.3 Å². The van der Waals surface area contributed by atoms with Crippen molar-refractivity contribution in [3.8, 4) is 11.6 Å². The first-order chi connectivity index (χ1) is 12.1. The van der Waals surface area contributed by atoms with E-state index in [1.165, 1.54) is 15.9 Å². The maximum atomic E-state index is 10.8. The van der Waals surface area contributed by atoms with Crippen molar-refractivity contribution in [3.05, 3.63) is 40.5 Å². The fraction of sp³-hybridized carbons (Fsp3) is 0.444. The predicted octanol–water partition coefficient (Wildman–Crippen LogP) is 3.63. The molecule has 2 aromatic heterocycles. The van der Waals surface area contributed by atoms with Crippen LogP contribution in [-0.2, 0) is 0 Å². The molecular formula is C18H24N4O2S. The number of aromatic nitrogens is 3. The Morgan fingerprint density at radius 2 is 2.12 bits per heavy atom. The molecule has 0 saturated carbocycles. The Kier molecular flexibility index (Phi) is 5.24. The molecule has 25 heavy (non-hydrogen) atoms. The van der Waals surface area contributed by atoms with Gasteiger partial charge in [-0.05, 0) is 33.0 Å². The highest BCUT2D eigenvalue weighted by Gasteiger charge is 2.29. The summed E-state index contributed by atoms with van der Waals surface area (Å²) in [5.41, 5.74) is 1.03. The van der Waals surface area contributed by atoms with E-state index in [9.17, 15) is 5.11 Å². The second-order valence-electron chi connectivity index (χ2n) is 6.12. The van der Waals surface area contributed by atoms with Crippen molar-refractivity contribution >= 4 is 16.3 Å². The van der Waals surface area contributed by atoms with Crippen LogP contribution in [0.15, 0.2) is 24.3 Å². The van der Waals surface area contributed by atoms with Crippen molar-refractivity contribution in [1.29, 1.82) is 0 Å². The van der Waals surface area contributed by atoms with Crippen LogP contribution < -0.4 is 4.74 Å². The molecule has 0 amide bonds. The van der Waals surface area contributed by atoms with Crippen molar-refractivity contribution in [2.45, 2.75) is 32.7 Å². The second kappa shape index (κ2) is 7.41. The Balaban J connectivity index is 2.12. The minimum absolute atomic E-state index is 0.114. The monoisotopic (exact) mass is 360 g/mol. The third-order valence-electron chi connectivity index (χ3n) is 4.29. The first-order valence-corrected chi connectivity index (χ1v) is 9.26. The summed E-state index contributed by atoms with van der Waals surface area (Å²) in [6.07, 6.45) is 2.20. The Bertz CT molecular complexity index is 858. The highest BCUT2D eigenvalue weighted by Crippen LogP contribution is 2.42. The third kappa shape index (κ3) is 3.34. The summed E-state index contributed by atoms with van der Waals surface area (Å²) in [4.78, 5) is 8.18. The lowest BCUT2D eigenvalue weighted by molar-refractivity contribution is 0.264. The van der Waals surface area contributed by atoms with Crippen LogP contribution in [0.5, 0.6) is 11.6 Å². The molecule has 1 unspecified atom stereocenters. The van der Waals surface area contributed by atoms with Crippen molar-refractivity contribution in [1.82, 2.24) is 19.5 Å². The summed E-state index contributed by atoms with van der Waals surface area (Å²) in [6.45, 7) is 4.92. The molecule has 0 aliphatic heterocycles. The van der Waals surface area contributed by atoms with Crippen molar-refractivity contribution in [3.63, 3.8) is 0 Å². The summed E-state index contributed by atoms with van der Waals surface area (Å²) >= 11 is 1.47. The number of para-hydroxylation sites is 1. The highest BCUT2D eigenvalue weighted by molar-refractivity contribution is 7.17. The summed E-state index contributed by atoms with van der Waals surface area (Å²) in [5, 5.41) is 15.1. The molecule has 2 heterocycles. The van der Waals surface area contributed by atoms with E-state index >= 15 is 0 Å². The Hall–Kier alpha value is -2.12. The van der Waals surface area contributed by atoms with Crippen LogP contribution in [0.1, 0.15) is 42.1 Å². The SMILES string of the molecule is CCCCN(C)C(c1ccccc1OC)c1sc2nc(C)nn2c1O. The van der Waals surface area contributed by atoms with Crippen molar-refractivity contribution in [2.75, 3.05) is 20.7 Å². The van der Waals surface area contributed by atoms with Gasteiger partial charge in [-0.25, -0.2) is 4.98 Å². The molecule has 1 aromatic carbocycles. The van der Waals surface area contributed by atoms with Gasteiger partial charge in [0.1, 0.15) is 11.6 Å². The zero-order valence-corrected chi connectivity index (χ0v) is 15.9. The van der Waals surface area contributed by atoms with Gasteiger partial charge in [-0.15, -0.1) is 5.10 Å². The normalized spacial score (nSPS) is 12.8. The quantitative estimate of drug-likeness (QED) is 0.697. The largest absolute Gasteiger partial charge is 0.496 e. The molecule has 0 radical (unpaired) electrons. The molecule has 0 saturated heterocycles. The number of unbranched alkanes of at least 4 members (excludes halogenated alkanes) is 1. The molecule has 3 rings (SSSR count). The Morgan fingerprint density at radius 1 is 1.36 bits per heavy atom. The number of benzene rings is 1. The molecule has 0 fully saturated rings. The number of nitrogens with zero attached hydrogens (tertiary/aromatic N) is 4. The summed E-state index contributed by atoms with van der Waals surface area (Å²) in [7, 11) is 3.75. The van der Waals surface area contributed by atoms with E-state index in [0.29, 0.717) is 10.8 Å². The molecule has 7 heteroatoms. The van der Waals surface area contributed by atoms with Crippen LogP contribution in [0.25, 0.3) is 4.96 Å². The van der Waals surface area contributed by atoms with Crippen LogP contribution in [0.2, 0.25) is 0 Å². The molecule has 0 spiro atoms. The van der Waals surface area contributed by atoms with E-state index < -0.39 is 0 Å². The molecule has 3 aromatic rings. The number of methoxy groups -OCH3 is 1. The van der Waals surface area contributed by atoms with Gasteiger partial charge in [0, 0.05) is 5.56 Å². The van der Waals surface area contributed by atoms with E-state index in [2.05, 4.69) is 29.0 Å². The molecule has 0 aliphatic rings. The number of fused-ring (bicyclic) bond motifs is 1. The standard InChI is InChI=1S/C18H24N4O2S/c1-5-6-11-21(3)15(13-9-7-8-10-14(13)24-4)16-17(23)22-18(25-16)19-12(2)20-22/h7-10,15,23H,5-6,11H2,1-4H3. The van der Waals surface area contributed by atoms with Crippen LogP contribution in [0.4, 0.5) is 0 Å². The number of aryl methyl sites for hydroxylation is 1. The first-order valence-electron chi connectivity index (χ1n) is 8.45. The Morgan fingerprint density at radius 3 is 2.80 bits per heavy atom. The molecule has 1 atom stereocenters. The average Bonchev–Trinajstić information content (AvgIpc) is 3.11. The lowest BCUT2D eigenvalue weighted by atomic mass is 10.0. The summed E-state index contributed by atoms with van der Waals surface area (Å²) in [5.74, 6) is 1.62. The van der Waals surface area contributed by atoms with Gasteiger partial charge in [-0.2, -0.15) is 4.52 Å². The highest BCUT2D eigenvalue weighted by atomic mass is 32.1. The fourth-order valence-corrected chi connectivity index (χ4v) is 4.22. The maximum Gasteiger partial charge on any atom is 0.230 e. The van der Waals surface area contributed by atoms with Crippen LogP contribution in [0, 0.1) is 6.92 Å². The van der Waals surface area contributed by atoms with Gasteiger partial charge in [0.15, 0.2) is 0 Å². The van der Waals surface area contributed by atoms with Crippen LogP contribution in [-0.4, -0.2) is 45.3 Å². The smallest absolute Gasteiger partial charge is 0.230 e. The predicted molar refractivity (Wildman–Crippen MR) is 99.6 cm³/mol. The first kappa shape index (κ1) is 17.7. The number of hydrogen-bond donors (Lipinski definition) is 1. The fourth-order valence-electron chi connectivity index (χ4n) is 3.03. The van der Waals surface area contributed by atoms with Crippen molar-refractivity contribution in [2.24, 2.45) is 0 Å². The second-order valence-corrected chi connectivity index (χ2v) is 7.13.